The van der Waals surface area contributed by atoms with Crippen molar-refractivity contribution >= 4 is 51.0 Å². The summed E-state index contributed by atoms with van der Waals surface area (Å²) in [6, 6.07) is 4.82. The lowest BCUT2D eigenvalue weighted by Gasteiger charge is -2.40. The van der Waals surface area contributed by atoms with Crippen LogP contribution in [0.15, 0.2) is 27.7 Å². The second-order valence-corrected chi connectivity index (χ2v) is 13.9. The van der Waals surface area contributed by atoms with Gasteiger partial charge in [0.25, 0.3) is 5.56 Å². The molecule has 0 radical (unpaired) electrons. The predicted molar refractivity (Wildman–Crippen MR) is 159 cm³/mol. The molecule has 224 valence electrons. The maximum absolute atomic E-state index is 14.5. The monoisotopic (exact) mass is 662 g/mol. The van der Waals surface area contributed by atoms with E-state index in [9.17, 15) is 18.8 Å². The van der Waals surface area contributed by atoms with Gasteiger partial charge >= 0.3 is 6.09 Å². The zero-order chi connectivity index (χ0) is 30.2. The van der Waals surface area contributed by atoms with Gasteiger partial charge in [-0.25, -0.2) is 9.18 Å². The number of nitrogens with one attached hydrogen (secondary N) is 1. The van der Waals surface area contributed by atoms with Gasteiger partial charge in [-0.15, -0.1) is 5.10 Å². The van der Waals surface area contributed by atoms with Crippen molar-refractivity contribution in [2.45, 2.75) is 88.9 Å². The zero-order valence-corrected chi connectivity index (χ0v) is 26.3. The average molecular weight is 664 g/mol. The minimum absolute atomic E-state index is 0.0452. The number of aromatic nitrogens is 4. The first-order chi connectivity index (χ1) is 19.7. The first kappa shape index (κ1) is 29.1. The molecule has 10 nitrogen and oxygen atoms in total. The molecule has 2 aromatic heterocycles. The molecule has 2 fully saturated rings. The highest BCUT2D eigenvalue weighted by Gasteiger charge is 2.49. The Hall–Kier alpha value is -2.99. The third-order valence-electron chi connectivity index (χ3n) is 8.58. The van der Waals surface area contributed by atoms with Crippen molar-refractivity contribution in [1.82, 2.24) is 24.1 Å². The smallest absolute Gasteiger partial charge is 0.410 e. The number of carbonyl (C=O) groups excluding carboxylic acids is 2. The molecule has 6 rings (SSSR count). The molecule has 3 aromatic rings. The van der Waals surface area contributed by atoms with Crippen LogP contribution in [-0.2, 0) is 27.2 Å². The summed E-state index contributed by atoms with van der Waals surface area (Å²) in [4.78, 5) is 46.2. The van der Waals surface area contributed by atoms with E-state index < -0.39 is 16.7 Å². The molecule has 42 heavy (non-hydrogen) atoms. The molecule has 1 spiro atoms. The van der Waals surface area contributed by atoms with Crippen LogP contribution in [0, 0.1) is 0 Å². The first-order valence-electron chi connectivity index (χ1n) is 14.2. The standard InChI is InChI=1S/C29H33BrClFN6O4/c1-16-14-28(9-11-36(12-10-28)26(41)42-27(2,3)4)21-22(16)37(25-34-24(30)35-38(25)23(21)40)15-20(39)33-19-6-5-17(13-18(19)31)29(32)7-8-29/h5-6,13,16H,7-12,14-15H2,1-4H3,(H,33,39)/t16-/m0/s1. The molecule has 13 heteroatoms. The molecule has 0 bridgehead atoms. The van der Waals surface area contributed by atoms with Crippen LogP contribution in [0.25, 0.3) is 5.78 Å². The van der Waals surface area contributed by atoms with Gasteiger partial charge in [-0.1, -0.05) is 24.6 Å². The summed E-state index contributed by atoms with van der Waals surface area (Å²) in [7, 11) is 0. The molecule has 1 aliphatic heterocycles. The van der Waals surface area contributed by atoms with Crippen molar-refractivity contribution < 1.29 is 18.7 Å². The van der Waals surface area contributed by atoms with E-state index in [2.05, 4.69) is 31.3 Å². The largest absolute Gasteiger partial charge is 0.444 e. The van der Waals surface area contributed by atoms with E-state index in [1.165, 1.54) is 4.52 Å². The fraction of sp³-hybridized carbons (Fsp3) is 0.552. The van der Waals surface area contributed by atoms with Gasteiger partial charge in [-0.2, -0.15) is 9.50 Å². The lowest BCUT2D eigenvalue weighted by molar-refractivity contribution is -0.116. The summed E-state index contributed by atoms with van der Waals surface area (Å²) in [6.45, 7) is 8.32. The van der Waals surface area contributed by atoms with Crippen molar-refractivity contribution in [2.75, 3.05) is 18.4 Å². The Labute approximate surface area is 255 Å². The maximum atomic E-state index is 14.5. The number of nitrogens with zero attached hydrogens (tertiary/aromatic N) is 5. The zero-order valence-electron chi connectivity index (χ0n) is 24.0. The molecule has 3 heterocycles. The summed E-state index contributed by atoms with van der Waals surface area (Å²) in [5.74, 6) is -0.160. The maximum Gasteiger partial charge on any atom is 0.410 e. The minimum Gasteiger partial charge on any atom is -0.444 e. The fourth-order valence-electron chi connectivity index (χ4n) is 6.53. The van der Waals surface area contributed by atoms with Crippen molar-refractivity contribution in [2.24, 2.45) is 0 Å². The summed E-state index contributed by atoms with van der Waals surface area (Å²) < 4.78 is 23.3. The van der Waals surface area contributed by atoms with E-state index in [4.69, 9.17) is 16.3 Å². The Balaban J connectivity index is 1.31. The minimum atomic E-state index is -1.33. The number of ether oxygens (including phenoxy) is 1. The van der Waals surface area contributed by atoms with E-state index in [1.54, 1.807) is 27.7 Å². The Morgan fingerprint density at radius 1 is 1.21 bits per heavy atom. The summed E-state index contributed by atoms with van der Waals surface area (Å²) in [5.41, 5.74) is -0.395. The van der Waals surface area contributed by atoms with E-state index in [0.29, 0.717) is 62.0 Å². The summed E-state index contributed by atoms with van der Waals surface area (Å²) in [5, 5.41) is 7.39. The molecular weight excluding hydrogens is 631 g/mol. The van der Waals surface area contributed by atoms with Crippen molar-refractivity contribution in [3.05, 3.63) is 55.1 Å². The topological polar surface area (TPSA) is 111 Å². The van der Waals surface area contributed by atoms with Gasteiger partial charge in [-0.05, 0) is 92.4 Å². The van der Waals surface area contributed by atoms with Crippen LogP contribution in [0.5, 0.6) is 0 Å². The Morgan fingerprint density at radius 3 is 2.52 bits per heavy atom. The van der Waals surface area contributed by atoms with Gasteiger partial charge < -0.3 is 19.5 Å². The highest BCUT2D eigenvalue weighted by atomic mass is 79.9. The number of amides is 2. The van der Waals surface area contributed by atoms with Gasteiger partial charge in [0, 0.05) is 29.8 Å². The molecule has 1 aromatic carbocycles. The van der Waals surface area contributed by atoms with E-state index >= 15 is 0 Å². The Bertz CT molecular complexity index is 1670. The second-order valence-electron chi connectivity index (χ2n) is 12.8. The van der Waals surface area contributed by atoms with Crippen molar-refractivity contribution in [1.29, 1.82) is 0 Å². The van der Waals surface area contributed by atoms with Crippen molar-refractivity contribution in [3.63, 3.8) is 0 Å². The molecule has 1 atom stereocenters. The van der Waals surface area contributed by atoms with Gasteiger partial charge in [0.15, 0.2) is 0 Å². The average Bonchev–Trinajstić information content (AvgIpc) is 3.42. The third-order valence-corrected chi connectivity index (χ3v) is 9.22. The SMILES string of the molecule is C[C@H]1CC2(CCN(C(=O)OC(C)(C)C)CC2)c2c1n(CC(=O)Nc1ccc(C3(F)CC3)cc1Cl)c1nc(Br)nn1c2=O. The molecule has 1 saturated carbocycles. The Kier molecular flexibility index (Phi) is 6.96. The quantitative estimate of drug-likeness (QED) is 0.385. The second kappa shape index (κ2) is 10.0. The number of hydrogen-bond donors (Lipinski definition) is 1. The molecular formula is C29H33BrClFN6O4. The number of likely N-dealkylation sites (tertiary alicyclic amines) is 1. The van der Waals surface area contributed by atoms with Crippen molar-refractivity contribution in [3.8, 4) is 0 Å². The normalized spacial score (nSPS) is 20.5. The fourth-order valence-corrected chi connectivity index (χ4v) is 7.07. The number of hydrogen-bond acceptors (Lipinski definition) is 6. The number of anilines is 1. The van der Waals surface area contributed by atoms with Crippen LogP contribution < -0.4 is 10.9 Å². The third kappa shape index (κ3) is 5.10. The molecule has 2 aliphatic carbocycles. The summed E-state index contributed by atoms with van der Waals surface area (Å²) >= 11 is 9.70. The number of fused-ring (bicyclic) bond motifs is 3. The van der Waals surface area contributed by atoms with Crippen LogP contribution in [0.4, 0.5) is 14.9 Å². The molecule has 0 unspecified atom stereocenters. The molecule has 2 amide bonds. The van der Waals surface area contributed by atoms with E-state index in [0.717, 1.165) is 5.69 Å². The van der Waals surface area contributed by atoms with Crippen LogP contribution in [-0.4, -0.2) is 54.8 Å². The number of piperidine rings is 1. The first-order valence-corrected chi connectivity index (χ1v) is 15.3. The number of halogens is 3. The number of alkyl halides is 1. The van der Waals surface area contributed by atoms with Gasteiger partial charge in [0.1, 0.15) is 17.8 Å². The number of benzene rings is 1. The van der Waals surface area contributed by atoms with Crippen LogP contribution in [0.3, 0.4) is 0 Å². The Morgan fingerprint density at radius 2 is 1.90 bits per heavy atom. The lowest BCUT2D eigenvalue weighted by Crippen LogP contribution is -2.48. The predicted octanol–water partition coefficient (Wildman–Crippen LogP) is 5.68. The summed E-state index contributed by atoms with van der Waals surface area (Å²) in [6.07, 6.45) is 2.45. The van der Waals surface area contributed by atoms with Crippen LogP contribution in [0.1, 0.15) is 82.5 Å². The van der Waals surface area contributed by atoms with Crippen LogP contribution >= 0.6 is 27.5 Å². The van der Waals surface area contributed by atoms with E-state index in [1.807, 2.05) is 27.7 Å². The number of carbonyl (C=O) groups is 2. The highest BCUT2D eigenvalue weighted by molar-refractivity contribution is 9.10. The lowest BCUT2D eigenvalue weighted by atomic mass is 9.74. The number of rotatable bonds is 4. The van der Waals surface area contributed by atoms with Crippen LogP contribution in [0.2, 0.25) is 5.02 Å². The highest BCUT2D eigenvalue weighted by Crippen LogP contribution is 2.51. The molecule has 1 saturated heterocycles. The van der Waals surface area contributed by atoms with E-state index in [-0.39, 0.29) is 45.6 Å². The van der Waals surface area contributed by atoms with Gasteiger partial charge in [-0.3, -0.25) is 9.59 Å². The molecule has 3 aliphatic rings. The van der Waals surface area contributed by atoms with Gasteiger partial charge in [0.2, 0.25) is 16.4 Å². The van der Waals surface area contributed by atoms with Gasteiger partial charge in [0.05, 0.1) is 10.7 Å². The molecule has 1 N–H and O–H groups in total.